The van der Waals surface area contributed by atoms with E-state index in [4.69, 9.17) is 10.5 Å². The molecule has 1 saturated heterocycles. The first-order valence-corrected chi connectivity index (χ1v) is 11.6. The number of hydrogen-bond donors (Lipinski definition) is 1. The predicted octanol–water partition coefficient (Wildman–Crippen LogP) is 4.16. The zero-order valence-electron chi connectivity index (χ0n) is 17.8. The van der Waals surface area contributed by atoms with Crippen LogP contribution in [0.4, 0.5) is 8.78 Å². The number of hydrogen-bond acceptors (Lipinski definition) is 5. The van der Waals surface area contributed by atoms with Gasteiger partial charge in [0.2, 0.25) is 0 Å². The standard InChI is InChI=1S/C22H26F2N2O3S.2ClH/c1-13(2)30(27,28)18-5-3-14-10-26(11-15(14)7-18)17-9-21(25)22(29-12-17)19-8-16(23)4-6-20(19)24;;/h3-8,13,17,21-22H,9-12,25H2,1-2H3;2*1H/t17-,21+,22-;;/m1../s1. The zero-order valence-corrected chi connectivity index (χ0v) is 20.3. The molecular formula is C22H28Cl2F2N2O3S. The second-order valence-corrected chi connectivity index (χ2v) is 10.9. The quantitative estimate of drug-likeness (QED) is 0.670. The number of ether oxygens (including phenoxy) is 1. The normalized spacial score (nSPS) is 23.4. The van der Waals surface area contributed by atoms with Crippen LogP contribution in [0.3, 0.4) is 0 Å². The van der Waals surface area contributed by atoms with Gasteiger partial charge in [-0.05, 0) is 61.7 Å². The Morgan fingerprint density at radius 2 is 1.75 bits per heavy atom. The lowest BCUT2D eigenvalue weighted by Crippen LogP contribution is -2.47. The molecule has 178 valence electrons. The topological polar surface area (TPSA) is 72.6 Å². The van der Waals surface area contributed by atoms with Gasteiger partial charge < -0.3 is 10.5 Å². The summed E-state index contributed by atoms with van der Waals surface area (Å²) in [6.07, 6.45) is -0.115. The highest BCUT2D eigenvalue weighted by Crippen LogP contribution is 2.35. The van der Waals surface area contributed by atoms with E-state index in [0.717, 1.165) is 29.3 Å². The van der Waals surface area contributed by atoms with Crippen LogP contribution >= 0.6 is 24.8 Å². The summed E-state index contributed by atoms with van der Waals surface area (Å²) in [6.45, 7) is 4.98. The number of sulfone groups is 1. The molecule has 2 N–H and O–H groups in total. The molecule has 2 aliphatic heterocycles. The average Bonchev–Trinajstić information content (AvgIpc) is 3.13. The van der Waals surface area contributed by atoms with Crippen molar-refractivity contribution in [2.24, 2.45) is 5.73 Å². The van der Waals surface area contributed by atoms with E-state index < -0.39 is 38.9 Å². The van der Waals surface area contributed by atoms with Crippen LogP contribution in [-0.2, 0) is 27.7 Å². The SMILES string of the molecule is CC(C)S(=O)(=O)c1ccc2c(c1)CN([C@H]1CO[C@H](c3cc(F)ccc3F)[C@@H](N)C1)C2.Cl.Cl. The van der Waals surface area contributed by atoms with Gasteiger partial charge in [-0.2, -0.15) is 0 Å². The van der Waals surface area contributed by atoms with E-state index in [-0.39, 0.29) is 36.4 Å². The molecule has 2 aromatic carbocycles. The summed E-state index contributed by atoms with van der Waals surface area (Å²) in [5.41, 5.74) is 8.51. The molecule has 3 atom stereocenters. The third kappa shape index (κ3) is 5.11. The Kier molecular flexibility index (Phi) is 8.70. The molecule has 32 heavy (non-hydrogen) atoms. The zero-order chi connectivity index (χ0) is 21.6. The van der Waals surface area contributed by atoms with Crippen LogP contribution in [0.25, 0.3) is 0 Å². The number of nitrogens with zero attached hydrogens (tertiary/aromatic N) is 1. The van der Waals surface area contributed by atoms with Crippen molar-refractivity contribution in [2.75, 3.05) is 6.61 Å². The van der Waals surface area contributed by atoms with E-state index >= 15 is 0 Å². The maximum Gasteiger partial charge on any atom is 0.180 e. The van der Waals surface area contributed by atoms with Crippen molar-refractivity contribution in [3.8, 4) is 0 Å². The molecule has 0 aromatic heterocycles. The molecule has 0 bridgehead atoms. The number of nitrogens with two attached hydrogens (primary N) is 1. The van der Waals surface area contributed by atoms with E-state index in [1.807, 2.05) is 6.07 Å². The van der Waals surface area contributed by atoms with Crippen LogP contribution in [-0.4, -0.2) is 37.3 Å². The van der Waals surface area contributed by atoms with Gasteiger partial charge in [0.25, 0.3) is 0 Å². The van der Waals surface area contributed by atoms with Gasteiger partial charge in [0.05, 0.1) is 16.8 Å². The lowest BCUT2D eigenvalue weighted by Gasteiger charge is -2.38. The van der Waals surface area contributed by atoms with Crippen molar-refractivity contribution >= 4 is 34.7 Å². The molecule has 0 unspecified atom stereocenters. The largest absolute Gasteiger partial charge is 0.370 e. The van der Waals surface area contributed by atoms with Gasteiger partial charge in [0.15, 0.2) is 9.84 Å². The van der Waals surface area contributed by atoms with Crippen LogP contribution in [0, 0.1) is 11.6 Å². The van der Waals surface area contributed by atoms with E-state index in [1.54, 1.807) is 26.0 Å². The Bertz CT molecular complexity index is 1070. The predicted molar refractivity (Wildman–Crippen MR) is 124 cm³/mol. The first kappa shape index (κ1) is 27.0. The molecule has 2 heterocycles. The van der Waals surface area contributed by atoms with Crippen molar-refractivity contribution in [2.45, 2.75) is 61.7 Å². The summed E-state index contributed by atoms with van der Waals surface area (Å²) in [4.78, 5) is 2.55. The van der Waals surface area contributed by atoms with Gasteiger partial charge in [-0.15, -0.1) is 24.8 Å². The van der Waals surface area contributed by atoms with Gasteiger partial charge in [0, 0.05) is 30.7 Å². The minimum atomic E-state index is -3.32. The number of rotatable bonds is 4. The monoisotopic (exact) mass is 508 g/mol. The third-order valence-corrected chi connectivity index (χ3v) is 8.21. The molecule has 10 heteroatoms. The number of halogens is 4. The lowest BCUT2D eigenvalue weighted by molar-refractivity contribution is -0.0531. The fourth-order valence-electron chi connectivity index (χ4n) is 4.26. The number of benzene rings is 2. The molecular weight excluding hydrogens is 481 g/mol. The molecule has 0 amide bonds. The van der Waals surface area contributed by atoms with Crippen LogP contribution in [0.2, 0.25) is 0 Å². The fraction of sp³-hybridized carbons (Fsp3) is 0.455. The van der Waals surface area contributed by atoms with Gasteiger partial charge in [-0.25, -0.2) is 17.2 Å². The van der Waals surface area contributed by atoms with Gasteiger partial charge in [0.1, 0.15) is 17.7 Å². The Balaban J connectivity index is 0.00000181. The summed E-state index contributed by atoms with van der Waals surface area (Å²) < 4.78 is 58.5. The lowest BCUT2D eigenvalue weighted by atomic mass is 9.93. The van der Waals surface area contributed by atoms with Crippen molar-refractivity contribution in [3.05, 3.63) is 64.7 Å². The molecule has 0 radical (unpaired) electrons. The van der Waals surface area contributed by atoms with Crippen molar-refractivity contribution in [1.29, 1.82) is 0 Å². The molecule has 2 aliphatic rings. The third-order valence-electron chi connectivity index (χ3n) is 6.06. The highest BCUT2D eigenvalue weighted by molar-refractivity contribution is 7.92. The van der Waals surface area contributed by atoms with Crippen LogP contribution in [0.15, 0.2) is 41.3 Å². The van der Waals surface area contributed by atoms with E-state index in [0.29, 0.717) is 31.0 Å². The van der Waals surface area contributed by atoms with E-state index in [2.05, 4.69) is 4.90 Å². The molecule has 5 nitrogen and oxygen atoms in total. The second-order valence-electron chi connectivity index (χ2n) is 8.40. The Morgan fingerprint density at radius 3 is 2.41 bits per heavy atom. The van der Waals surface area contributed by atoms with Crippen molar-refractivity contribution in [1.82, 2.24) is 4.90 Å². The molecule has 0 saturated carbocycles. The Morgan fingerprint density at radius 1 is 1.06 bits per heavy atom. The fourth-order valence-corrected chi connectivity index (χ4v) is 5.36. The maximum atomic E-state index is 14.1. The van der Waals surface area contributed by atoms with Crippen LogP contribution < -0.4 is 5.73 Å². The second kappa shape index (κ2) is 10.3. The van der Waals surface area contributed by atoms with Crippen LogP contribution in [0.1, 0.15) is 43.1 Å². The van der Waals surface area contributed by atoms with Gasteiger partial charge in [-0.3, -0.25) is 4.90 Å². The van der Waals surface area contributed by atoms with Gasteiger partial charge in [-0.1, -0.05) is 6.07 Å². The van der Waals surface area contributed by atoms with Crippen molar-refractivity contribution < 1.29 is 21.9 Å². The smallest absolute Gasteiger partial charge is 0.180 e. The summed E-state index contributed by atoms with van der Waals surface area (Å²) in [5, 5.41) is -0.474. The summed E-state index contributed by atoms with van der Waals surface area (Å²) >= 11 is 0. The first-order valence-electron chi connectivity index (χ1n) is 10.1. The number of fused-ring (bicyclic) bond motifs is 1. The summed E-state index contributed by atoms with van der Waals surface area (Å²) in [6, 6.07) is 8.16. The van der Waals surface area contributed by atoms with Crippen molar-refractivity contribution in [3.63, 3.8) is 0 Å². The highest BCUT2D eigenvalue weighted by atomic mass is 35.5. The Labute approximate surface area is 200 Å². The molecule has 2 aromatic rings. The molecule has 0 spiro atoms. The minimum absolute atomic E-state index is 0. The summed E-state index contributed by atoms with van der Waals surface area (Å²) in [5.74, 6) is -1.05. The Hall–Kier alpha value is -1.29. The van der Waals surface area contributed by atoms with E-state index in [9.17, 15) is 17.2 Å². The highest BCUT2D eigenvalue weighted by Gasteiger charge is 2.36. The summed E-state index contributed by atoms with van der Waals surface area (Å²) in [7, 11) is -3.32. The van der Waals surface area contributed by atoms with Gasteiger partial charge >= 0.3 is 0 Å². The molecule has 0 aliphatic carbocycles. The van der Waals surface area contributed by atoms with Crippen LogP contribution in [0.5, 0.6) is 0 Å². The molecule has 4 rings (SSSR count). The molecule has 1 fully saturated rings. The minimum Gasteiger partial charge on any atom is -0.370 e. The first-order chi connectivity index (χ1) is 14.2. The maximum absolute atomic E-state index is 14.1. The average molecular weight is 509 g/mol. The van der Waals surface area contributed by atoms with E-state index in [1.165, 1.54) is 0 Å².